The van der Waals surface area contributed by atoms with Crippen LogP contribution in [0.5, 0.6) is 0 Å². The van der Waals surface area contributed by atoms with E-state index in [1.807, 2.05) is 20.8 Å². The fraction of sp³-hybridized carbons (Fsp3) is 0.435. The van der Waals surface area contributed by atoms with Gasteiger partial charge in [0.1, 0.15) is 17.2 Å². The third kappa shape index (κ3) is 5.96. The summed E-state index contributed by atoms with van der Waals surface area (Å²) < 4.78 is 32.5. The summed E-state index contributed by atoms with van der Waals surface area (Å²) in [5.74, 6) is -0.762. The van der Waals surface area contributed by atoms with Gasteiger partial charge in [0, 0.05) is 37.1 Å². The van der Waals surface area contributed by atoms with Gasteiger partial charge in [-0.1, -0.05) is 29.4 Å². The first kappa shape index (κ1) is 23.5. The van der Waals surface area contributed by atoms with E-state index in [0.717, 1.165) is 5.56 Å². The lowest BCUT2D eigenvalue weighted by Crippen LogP contribution is -2.51. The van der Waals surface area contributed by atoms with Crippen LogP contribution in [0.15, 0.2) is 53.6 Å². The zero-order valence-corrected chi connectivity index (χ0v) is 18.4. The summed E-state index contributed by atoms with van der Waals surface area (Å²) in [6.07, 6.45) is -0.374. The van der Waals surface area contributed by atoms with E-state index in [9.17, 15) is 19.1 Å². The molecule has 170 valence electrons. The first-order valence-corrected chi connectivity index (χ1v) is 10.4. The predicted molar refractivity (Wildman–Crippen MR) is 117 cm³/mol. The molecule has 3 rings (SSSR count). The fourth-order valence-corrected chi connectivity index (χ4v) is 3.79. The molecule has 7 nitrogen and oxygen atoms in total. The average molecular weight is 443 g/mol. The zero-order valence-electron chi connectivity index (χ0n) is 18.4. The standard InChI is InChI=1S/C23H27F2N5O2/c1-23(2,3)32-22(31)30-14-12-29(13-15-30)21(17-6-10-19(25)11-7-17)20(27-28-26)16-4-8-18(24)9-5-16/h4-11,20-21H,12-15H2,1-3H3/t20-,21+/m0/s1. The van der Waals surface area contributed by atoms with E-state index in [-0.39, 0.29) is 11.9 Å². The number of hydrogen-bond donors (Lipinski definition) is 0. The van der Waals surface area contributed by atoms with Gasteiger partial charge < -0.3 is 9.64 Å². The molecule has 0 radical (unpaired) electrons. The van der Waals surface area contributed by atoms with Gasteiger partial charge in [-0.3, -0.25) is 4.90 Å². The topological polar surface area (TPSA) is 81.5 Å². The van der Waals surface area contributed by atoms with E-state index in [1.165, 1.54) is 24.3 Å². The average Bonchev–Trinajstić information content (AvgIpc) is 2.74. The van der Waals surface area contributed by atoms with Crippen molar-refractivity contribution in [1.29, 1.82) is 0 Å². The van der Waals surface area contributed by atoms with Crippen LogP contribution >= 0.6 is 0 Å². The molecule has 2 aromatic carbocycles. The maximum Gasteiger partial charge on any atom is 0.410 e. The van der Waals surface area contributed by atoms with Crippen LogP contribution in [0.1, 0.15) is 44.0 Å². The largest absolute Gasteiger partial charge is 0.444 e. The van der Waals surface area contributed by atoms with Crippen molar-refractivity contribution in [2.45, 2.75) is 38.5 Å². The molecular formula is C23H27F2N5O2. The quantitative estimate of drug-likeness (QED) is 0.342. The van der Waals surface area contributed by atoms with Crippen molar-refractivity contribution < 1.29 is 18.3 Å². The van der Waals surface area contributed by atoms with Crippen LogP contribution in [0, 0.1) is 11.6 Å². The first-order chi connectivity index (χ1) is 15.2. The number of azide groups is 1. The first-order valence-electron chi connectivity index (χ1n) is 10.4. The second kappa shape index (κ2) is 9.97. The van der Waals surface area contributed by atoms with Crippen molar-refractivity contribution in [3.8, 4) is 0 Å². The predicted octanol–water partition coefficient (Wildman–Crippen LogP) is 5.61. The number of nitrogens with zero attached hydrogens (tertiary/aromatic N) is 5. The molecule has 0 N–H and O–H groups in total. The Labute approximate surface area is 186 Å². The Hall–Kier alpha value is -3.16. The van der Waals surface area contributed by atoms with E-state index >= 15 is 0 Å². The third-order valence-corrected chi connectivity index (χ3v) is 5.26. The highest BCUT2D eigenvalue weighted by molar-refractivity contribution is 5.68. The SMILES string of the molecule is CC(C)(C)OC(=O)N1CCN([C@H](c2ccc(F)cc2)[C@@H](N=[N+]=[N-])c2ccc(F)cc2)CC1. The van der Waals surface area contributed by atoms with Crippen LogP contribution in [-0.4, -0.2) is 47.7 Å². The number of carbonyl (C=O) groups is 1. The minimum absolute atomic E-state index is 0.371. The molecule has 1 heterocycles. The minimum atomic E-state index is -0.667. The Balaban J connectivity index is 1.88. The van der Waals surface area contributed by atoms with Crippen LogP contribution < -0.4 is 0 Å². The summed E-state index contributed by atoms with van der Waals surface area (Å²) in [7, 11) is 0. The molecule has 2 atom stereocenters. The van der Waals surface area contributed by atoms with Crippen LogP contribution in [0.2, 0.25) is 0 Å². The normalized spacial score (nSPS) is 16.7. The second-order valence-electron chi connectivity index (χ2n) is 8.70. The van der Waals surface area contributed by atoms with E-state index in [2.05, 4.69) is 14.9 Å². The highest BCUT2D eigenvalue weighted by atomic mass is 19.1. The summed E-state index contributed by atoms with van der Waals surface area (Å²) in [6, 6.07) is 10.7. The molecule has 32 heavy (non-hydrogen) atoms. The molecule has 0 saturated carbocycles. The van der Waals surface area contributed by atoms with E-state index < -0.39 is 23.5 Å². The highest BCUT2D eigenvalue weighted by Crippen LogP contribution is 2.38. The Morgan fingerprint density at radius 1 is 0.969 bits per heavy atom. The van der Waals surface area contributed by atoms with E-state index in [4.69, 9.17) is 4.74 Å². The maximum absolute atomic E-state index is 13.6. The lowest BCUT2D eigenvalue weighted by Gasteiger charge is -2.41. The zero-order chi connectivity index (χ0) is 23.3. The molecule has 0 unspecified atom stereocenters. The van der Waals surface area contributed by atoms with Crippen molar-refractivity contribution >= 4 is 6.09 Å². The van der Waals surface area contributed by atoms with Crippen LogP contribution in [0.3, 0.4) is 0 Å². The Morgan fingerprint density at radius 3 is 1.94 bits per heavy atom. The van der Waals surface area contributed by atoms with Gasteiger partial charge in [0.2, 0.25) is 0 Å². The number of piperazine rings is 1. The van der Waals surface area contributed by atoms with Crippen molar-refractivity contribution in [2.24, 2.45) is 5.11 Å². The molecule has 1 amide bonds. The molecule has 1 fully saturated rings. The molecule has 0 aromatic heterocycles. The van der Waals surface area contributed by atoms with Gasteiger partial charge >= 0.3 is 6.09 Å². The summed E-state index contributed by atoms with van der Waals surface area (Å²) in [6.45, 7) is 7.31. The smallest absolute Gasteiger partial charge is 0.410 e. The summed E-state index contributed by atoms with van der Waals surface area (Å²) in [5.41, 5.74) is 10.1. The molecule has 0 aliphatic carbocycles. The molecule has 0 spiro atoms. The maximum atomic E-state index is 13.6. The summed E-state index contributed by atoms with van der Waals surface area (Å²) in [5, 5.41) is 4.02. The van der Waals surface area contributed by atoms with Crippen LogP contribution in [0.4, 0.5) is 13.6 Å². The van der Waals surface area contributed by atoms with Crippen molar-refractivity contribution in [3.05, 3.63) is 81.7 Å². The number of carbonyl (C=O) groups excluding carboxylic acids is 1. The van der Waals surface area contributed by atoms with Gasteiger partial charge in [-0.25, -0.2) is 13.6 Å². The van der Waals surface area contributed by atoms with Crippen LogP contribution in [0.25, 0.3) is 10.4 Å². The van der Waals surface area contributed by atoms with Crippen molar-refractivity contribution in [3.63, 3.8) is 0 Å². The summed E-state index contributed by atoms with van der Waals surface area (Å²) >= 11 is 0. The number of ether oxygens (including phenoxy) is 1. The van der Waals surface area contributed by atoms with E-state index in [1.54, 1.807) is 29.2 Å². The molecule has 2 aromatic rings. The number of rotatable bonds is 5. The number of amides is 1. The molecule has 1 aliphatic heterocycles. The Kier molecular flexibility index (Phi) is 7.33. The lowest BCUT2D eigenvalue weighted by molar-refractivity contribution is 0.00871. The van der Waals surface area contributed by atoms with Gasteiger partial charge in [0.15, 0.2) is 0 Å². The molecule has 1 saturated heterocycles. The van der Waals surface area contributed by atoms with Gasteiger partial charge in [-0.15, -0.1) is 0 Å². The lowest BCUT2D eigenvalue weighted by atomic mass is 9.92. The Bertz CT molecular complexity index is 961. The minimum Gasteiger partial charge on any atom is -0.444 e. The highest BCUT2D eigenvalue weighted by Gasteiger charge is 2.34. The molecular weight excluding hydrogens is 416 g/mol. The van der Waals surface area contributed by atoms with Crippen molar-refractivity contribution in [2.75, 3.05) is 26.2 Å². The molecule has 1 aliphatic rings. The summed E-state index contributed by atoms with van der Waals surface area (Å²) in [4.78, 5) is 19.2. The number of benzene rings is 2. The monoisotopic (exact) mass is 443 g/mol. The van der Waals surface area contributed by atoms with Gasteiger partial charge in [0.25, 0.3) is 0 Å². The molecule has 9 heteroatoms. The van der Waals surface area contributed by atoms with Gasteiger partial charge in [-0.2, -0.15) is 0 Å². The number of hydrogen-bond acceptors (Lipinski definition) is 4. The van der Waals surface area contributed by atoms with E-state index in [0.29, 0.717) is 31.7 Å². The Morgan fingerprint density at radius 2 is 1.47 bits per heavy atom. The van der Waals surface area contributed by atoms with Gasteiger partial charge in [-0.05, 0) is 61.7 Å². The second-order valence-corrected chi connectivity index (χ2v) is 8.70. The van der Waals surface area contributed by atoms with Crippen LogP contribution in [-0.2, 0) is 4.74 Å². The van der Waals surface area contributed by atoms with Crippen molar-refractivity contribution in [1.82, 2.24) is 9.80 Å². The fourth-order valence-electron chi connectivity index (χ4n) is 3.79. The third-order valence-electron chi connectivity index (χ3n) is 5.26. The van der Waals surface area contributed by atoms with Gasteiger partial charge in [0.05, 0.1) is 6.04 Å². The number of halogens is 2. The molecule has 0 bridgehead atoms.